The summed E-state index contributed by atoms with van der Waals surface area (Å²) in [7, 11) is 0. The lowest BCUT2D eigenvalue weighted by Gasteiger charge is -2.24. The zero-order valence-corrected chi connectivity index (χ0v) is 18.1. The average molecular weight is 487 g/mol. The van der Waals surface area contributed by atoms with Crippen molar-refractivity contribution in [2.45, 2.75) is 6.18 Å². The van der Waals surface area contributed by atoms with Gasteiger partial charge < -0.3 is 16.0 Å². The smallest absolute Gasteiger partial charge is 0.336 e. The van der Waals surface area contributed by atoms with E-state index in [1.807, 2.05) is 0 Å². The fraction of sp³-hybridized carbons (Fsp3) is 0.130. The first-order chi connectivity index (χ1) is 16.6. The minimum atomic E-state index is -4.60. The number of urea groups is 2. The number of nitrogens with one attached hydrogen (secondary N) is 3. The molecule has 12 heteroatoms. The van der Waals surface area contributed by atoms with E-state index in [9.17, 15) is 32.9 Å². The molecule has 0 spiro atoms. The molecule has 0 bridgehead atoms. The summed E-state index contributed by atoms with van der Waals surface area (Å²) in [5.74, 6) is 0. The van der Waals surface area contributed by atoms with E-state index < -0.39 is 28.7 Å². The second kappa shape index (κ2) is 11.0. The molecule has 3 aromatic carbocycles. The number of anilines is 3. The van der Waals surface area contributed by atoms with Crippen LogP contribution in [0, 0.1) is 10.1 Å². The Morgan fingerprint density at radius 1 is 0.886 bits per heavy atom. The van der Waals surface area contributed by atoms with Crippen LogP contribution in [-0.2, 0) is 6.18 Å². The SMILES string of the molecule is O=C(NCCN(C(=O)Nc1ccccc1)c1cccc(C(F)(F)F)c1)Nc1ccc([N+](=O)[O-])cc1. The van der Waals surface area contributed by atoms with Crippen molar-refractivity contribution in [3.8, 4) is 0 Å². The van der Waals surface area contributed by atoms with E-state index in [4.69, 9.17) is 0 Å². The summed E-state index contributed by atoms with van der Waals surface area (Å²) in [6.07, 6.45) is -4.60. The van der Waals surface area contributed by atoms with Crippen LogP contribution in [0.25, 0.3) is 0 Å². The second-order valence-corrected chi connectivity index (χ2v) is 7.18. The molecular weight excluding hydrogens is 467 g/mol. The van der Waals surface area contributed by atoms with E-state index in [1.54, 1.807) is 30.3 Å². The molecule has 0 heterocycles. The van der Waals surface area contributed by atoms with Gasteiger partial charge in [0.2, 0.25) is 0 Å². The summed E-state index contributed by atoms with van der Waals surface area (Å²) in [5.41, 5.74) is -0.331. The van der Waals surface area contributed by atoms with E-state index in [-0.39, 0.29) is 24.5 Å². The second-order valence-electron chi connectivity index (χ2n) is 7.18. The highest BCUT2D eigenvalue weighted by molar-refractivity contribution is 6.01. The molecule has 35 heavy (non-hydrogen) atoms. The molecule has 0 aliphatic carbocycles. The molecular formula is C23H20F3N5O4. The number of alkyl halides is 3. The zero-order valence-electron chi connectivity index (χ0n) is 18.1. The summed E-state index contributed by atoms with van der Waals surface area (Å²) in [6.45, 7) is -0.245. The maximum absolute atomic E-state index is 13.2. The van der Waals surface area contributed by atoms with Gasteiger partial charge >= 0.3 is 18.2 Å². The molecule has 0 aliphatic heterocycles. The van der Waals surface area contributed by atoms with Crippen LogP contribution in [0.5, 0.6) is 0 Å². The number of benzene rings is 3. The minimum Gasteiger partial charge on any atom is -0.336 e. The Kier molecular flexibility index (Phi) is 7.87. The molecule has 0 saturated heterocycles. The maximum Gasteiger partial charge on any atom is 0.416 e. The lowest BCUT2D eigenvalue weighted by atomic mass is 10.2. The number of hydrogen-bond donors (Lipinski definition) is 3. The average Bonchev–Trinajstić information content (AvgIpc) is 2.82. The van der Waals surface area contributed by atoms with Gasteiger partial charge in [-0.15, -0.1) is 0 Å². The van der Waals surface area contributed by atoms with Gasteiger partial charge in [0.1, 0.15) is 0 Å². The molecule has 4 amide bonds. The first kappa shape index (κ1) is 25.0. The monoisotopic (exact) mass is 487 g/mol. The van der Waals surface area contributed by atoms with Gasteiger partial charge in [-0.1, -0.05) is 24.3 Å². The Hall–Kier alpha value is -4.61. The maximum atomic E-state index is 13.2. The van der Waals surface area contributed by atoms with Crippen molar-refractivity contribution >= 4 is 34.8 Å². The molecule has 0 fully saturated rings. The van der Waals surface area contributed by atoms with Crippen LogP contribution in [0.3, 0.4) is 0 Å². The summed E-state index contributed by atoms with van der Waals surface area (Å²) >= 11 is 0. The number of para-hydroxylation sites is 1. The number of carbonyl (C=O) groups excluding carboxylic acids is 2. The van der Waals surface area contributed by atoms with Gasteiger partial charge in [0.15, 0.2) is 0 Å². The Balaban J connectivity index is 1.69. The van der Waals surface area contributed by atoms with Crippen LogP contribution in [0.4, 0.5) is 45.5 Å². The third-order valence-corrected chi connectivity index (χ3v) is 4.71. The van der Waals surface area contributed by atoms with Gasteiger partial charge in [-0.2, -0.15) is 13.2 Å². The van der Waals surface area contributed by atoms with Gasteiger partial charge in [0.25, 0.3) is 5.69 Å². The first-order valence-electron chi connectivity index (χ1n) is 10.2. The van der Waals surface area contributed by atoms with Crippen molar-refractivity contribution in [1.82, 2.24) is 5.32 Å². The lowest BCUT2D eigenvalue weighted by molar-refractivity contribution is -0.384. The van der Waals surface area contributed by atoms with Gasteiger partial charge in [-0.25, -0.2) is 9.59 Å². The highest BCUT2D eigenvalue weighted by Crippen LogP contribution is 2.31. The Bertz CT molecular complexity index is 1190. The summed E-state index contributed by atoms with van der Waals surface area (Å²) in [6, 6.07) is 16.4. The summed E-state index contributed by atoms with van der Waals surface area (Å²) in [5, 5.41) is 18.3. The summed E-state index contributed by atoms with van der Waals surface area (Å²) in [4.78, 5) is 36.3. The van der Waals surface area contributed by atoms with E-state index in [0.717, 1.165) is 17.0 Å². The standard InChI is InChI=1S/C23H20F3N5O4/c24-23(25,26)16-5-4-8-20(15-16)30(22(33)29-17-6-2-1-3-7-17)14-13-27-21(32)28-18-9-11-19(12-10-18)31(34)35/h1-12,15H,13-14H2,(H,29,33)(H2,27,28,32). The fourth-order valence-corrected chi connectivity index (χ4v) is 3.03. The van der Waals surface area contributed by atoms with Crippen molar-refractivity contribution in [3.05, 3.63) is 94.5 Å². The quantitative estimate of drug-likeness (QED) is 0.302. The minimum absolute atomic E-state index is 0.00849. The third-order valence-electron chi connectivity index (χ3n) is 4.71. The number of nitrogens with zero attached hydrogens (tertiary/aromatic N) is 2. The largest absolute Gasteiger partial charge is 0.416 e. The number of nitro groups is 1. The van der Waals surface area contributed by atoms with Crippen molar-refractivity contribution in [1.29, 1.82) is 0 Å². The highest BCUT2D eigenvalue weighted by Gasteiger charge is 2.31. The van der Waals surface area contributed by atoms with Gasteiger partial charge in [-0.3, -0.25) is 15.0 Å². The Labute approximate surface area is 197 Å². The third kappa shape index (κ3) is 7.19. The van der Waals surface area contributed by atoms with Crippen molar-refractivity contribution in [2.24, 2.45) is 0 Å². The first-order valence-corrected chi connectivity index (χ1v) is 10.2. The van der Waals surface area contributed by atoms with Crippen molar-refractivity contribution in [3.63, 3.8) is 0 Å². The topological polar surface area (TPSA) is 117 Å². The van der Waals surface area contributed by atoms with Crippen molar-refractivity contribution < 1.29 is 27.7 Å². The number of amides is 4. The number of hydrogen-bond acceptors (Lipinski definition) is 4. The van der Waals surface area contributed by atoms with Crippen LogP contribution in [0.15, 0.2) is 78.9 Å². The predicted molar refractivity (Wildman–Crippen MR) is 124 cm³/mol. The van der Waals surface area contributed by atoms with Gasteiger partial charge in [-0.05, 0) is 42.5 Å². The van der Waals surface area contributed by atoms with Gasteiger partial charge in [0, 0.05) is 42.3 Å². The van der Waals surface area contributed by atoms with E-state index in [2.05, 4.69) is 16.0 Å². The molecule has 0 unspecified atom stereocenters. The van der Waals surface area contributed by atoms with Gasteiger partial charge in [0.05, 0.1) is 10.5 Å². The number of nitro benzene ring substituents is 1. The highest BCUT2D eigenvalue weighted by atomic mass is 19.4. The molecule has 3 rings (SSSR count). The van der Waals surface area contributed by atoms with Crippen LogP contribution >= 0.6 is 0 Å². The van der Waals surface area contributed by atoms with Crippen LogP contribution < -0.4 is 20.9 Å². The van der Waals surface area contributed by atoms with E-state index in [0.29, 0.717) is 11.4 Å². The molecule has 0 radical (unpaired) electrons. The fourth-order valence-electron chi connectivity index (χ4n) is 3.03. The molecule has 3 aromatic rings. The molecule has 3 N–H and O–H groups in total. The molecule has 182 valence electrons. The number of carbonyl (C=O) groups is 2. The molecule has 0 aliphatic rings. The number of halogens is 3. The molecule has 0 saturated carbocycles. The molecule has 0 atom stereocenters. The van der Waals surface area contributed by atoms with E-state index >= 15 is 0 Å². The van der Waals surface area contributed by atoms with Crippen LogP contribution in [0.2, 0.25) is 0 Å². The predicted octanol–water partition coefficient (Wildman–Crippen LogP) is 5.47. The number of non-ortho nitro benzene ring substituents is 1. The number of rotatable bonds is 7. The Morgan fingerprint density at radius 2 is 1.54 bits per heavy atom. The summed E-state index contributed by atoms with van der Waals surface area (Å²) < 4.78 is 39.6. The molecule has 0 aromatic heterocycles. The Morgan fingerprint density at radius 3 is 2.17 bits per heavy atom. The van der Waals surface area contributed by atoms with Crippen molar-refractivity contribution in [2.75, 3.05) is 28.6 Å². The van der Waals surface area contributed by atoms with Crippen LogP contribution in [-0.4, -0.2) is 30.1 Å². The van der Waals surface area contributed by atoms with Crippen LogP contribution in [0.1, 0.15) is 5.56 Å². The lowest BCUT2D eigenvalue weighted by Crippen LogP contribution is -2.42. The van der Waals surface area contributed by atoms with E-state index in [1.165, 1.54) is 36.4 Å². The molecule has 9 nitrogen and oxygen atoms in total. The zero-order chi connectivity index (χ0) is 25.4. The normalized spacial score (nSPS) is 10.8.